The Labute approximate surface area is 120 Å². The minimum Gasteiger partial charge on any atom is -0.315 e. The Bertz CT molecular complexity index is 507. The number of hydrogen-bond donors (Lipinski definition) is 2. The van der Waals surface area contributed by atoms with Crippen molar-refractivity contribution in [3.05, 3.63) is 15.8 Å². The second kappa shape index (κ2) is 6.83. The minimum absolute atomic E-state index is 0.321. The molecule has 0 aromatic carbocycles. The number of sulfonamides is 1. The third-order valence-electron chi connectivity index (χ3n) is 3.33. The first kappa shape index (κ1) is 16.6. The van der Waals surface area contributed by atoms with Crippen LogP contribution in [0, 0.1) is 18.8 Å². The number of rotatable bonds is 7. The summed E-state index contributed by atoms with van der Waals surface area (Å²) in [6.07, 6.45) is 0. The van der Waals surface area contributed by atoms with Crippen LogP contribution in [0.1, 0.15) is 31.2 Å². The smallest absolute Gasteiger partial charge is 0.241 e. The lowest BCUT2D eigenvalue weighted by molar-refractivity contribution is 0.414. The highest BCUT2D eigenvalue weighted by atomic mass is 32.2. The standard InChI is InChI=1S/C13H24N2O2S2/c1-9(2)10(3)6-15-19(16,17)13-11(4)8-18-12(13)7-14-5/h8-10,14-15H,6-7H2,1-5H3. The molecule has 1 unspecified atom stereocenters. The molecule has 0 aliphatic carbocycles. The molecule has 0 aliphatic rings. The van der Waals surface area contributed by atoms with Gasteiger partial charge in [0.25, 0.3) is 0 Å². The molecule has 0 saturated carbocycles. The highest BCUT2D eigenvalue weighted by molar-refractivity contribution is 7.89. The van der Waals surface area contributed by atoms with Crippen molar-refractivity contribution in [2.75, 3.05) is 13.6 Å². The fraction of sp³-hybridized carbons (Fsp3) is 0.692. The molecule has 110 valence electrons. The SMILES string of the molecule is CNCc1scc(C)c1S(=O)(=O)NCC(C)C(C)C. The monoisotopic (exact) mass is 304 g/mol. The Morgan fingerprint density at radius 1 is 1.32 bits per heavy atom. The van der Waals surface area contributed by atoms with Crippen LogP contribution in [0.15, 0.2) is 10.3 Å². The van der Waals surface area contributed by atoms with Gasteiger partial charge in [-0.25, -0.2) is 13.1 Å². The lowest BCUT2D eigenvalue weighted by atomic mass is 9.99. The zero-order valence-corrected chi connectivity index (χ0v) is 13.9. The molecule has 0 saturated heterocycles. The van der Waals surface area contributed by atoms with Crippen LogP contribution >= 0.6 is 11.3 Å². The van der Waals surface area contributed by atoms with Gasteiger partial charge in [0.1, 0.15) is 4.90 Å². The Morgan fingerprint density at radius 2 is 1.95 bits per heavy atom. The molecule has 2 N–H and O–H groups in total. The number of aryl methyl sites for hydroxylation is 1. The molecule has 6 heteroatoms. The van der Waals surface area contributed by atoms with Crippen molar-refractivity contribution in [1.29, 1.82) is 0 Å². The van der Waals surface area contributed by atoms with E-state index >= 15 is 0 Å². The molecular weight excluding hydrogens is 280 g/mol. The van der Waals surface area contributed by atoms with Crippen LogP contribution in [0.25, 0.3) is 0 Å². The Morgan fingerprint density at radius 3 is 2.47 bits per heavy atom. The van der Waals surface area contributed by atoms with E-state index in [0.29, 0.717) is 29.8 Å². The van der Waals surface area contributed by atoms with E-state index in [-0.39, 0.29) is 0 Å². The van der Waals surface area contributed by atoms with Crippen LogP contribution in [-0.2, 0) is 16.6 Å². The Kier molecular flexibility index (Phi) is 5.98. The van der Waals surface area contributed by atoms with Gasteiger partial charge in [0.15, 0.2) is 0 Å². The van der Waals surface area contributed by atoms with Crippen molar-refractivity contribution in [3.63, 3.8) is 0 Å². The molecule has 1 rings (SSSR count). The Hall–Kier alpha value is -0.430. The average Bonchev–Trinajstić information content (AvgIpc) is 2.68. The van der Waals surface area contributed by atoms with E-state index < -0.39 is 10.0 Å². The summed E-state index contributed by atoms with van der Waals surface area (Å²) in [5.74, 6) is 0.782. The summed E-state index contributed by atoms with van der Waals surface area (Å²) < 4.78 is 27.5. The van der Waals surface area contributed by atoms with Gasteiger partial charge in [-0.3, -0.25) is 0 Å². The third-order valence-corrected chi connectivity index (χ3v) is 6.21. The summed E-state index contributed by atoms with van der Waals surface area (Å²) in [6.45, 7) is 9.16. The van der Waals surface area contributed by atoms with Gasteiger partial charge in [0.05, 0.1) is 0 Å². The first-order chi connectivity index (χ1) is 8.79. The molecule has 0 spiro atoms. The van der Waals surface area contributed by atoms with Crippen molar-refractivity contribution in [3.8, 4) is 0 Å². The number of nitrogens with one attached hydrogen (secondary N) is 2. The number of thiophene rings is 1. The molecule has 1 heterocycles. The summed E-state index contributed by atoms with van der Waals surface area (Å²) >= 11 is 1.49. The fourth-order valence-corrected chi connectivity index (χ4v) is 4.64. The maximum atomic E-state index is 12.4. The summed E-state index contributed by atoms with van der Waals surface area (Å²) in [5.41, 5.74) is 0.819. The predicted molar refractivity (Wildman–Crippen MR) is 81.0 cm³/mol. The van der Waals surface area contributed by atoms with Crippen LogP contribution < -0.4 is 10.0 Å². The lowest BCUT2D eigenvalue weighted by Gasteiger charge is -2.16. The van der Waals surface area contributed by atoms with Crippen LogP contribution in [0.5, 0.6) is 0 Å². The molecule has 0 fully saturated rings. The normalized spacial score (nSPS) is 14.0. The molecule has 0 amide bonds. The second-order valence-electron chi connectivity index (χ2n) is 5.27. The van der Waals surface area contributed by atoms with Crippen LogP contribution in [0.2, 0.25) is 0 Å². The largest absolute Gasteiger partial charge is 0.315 e. The van der Waals surface area contributed by atoms with E-state index in [1.807, 2.05) is 19.4 Å². The van der Waals surface area contributed by atoms with Gasteiger partial charge >= 0.3 is 0 Å². The molecule has 4 nitrogen and oxygen atoms in total. The zero-order chi connectivity index (χ0) is 14.6. The van der Waals surface area contributed by atoms with Crippen molar-refractivity contribution >= 4 is 21.4 Å². The molecule has 0 bridgehead atoms. The Balaban J connectivity index is 2.91. The van der Waals surface area contributed by atoms with E-state index in [9.17, 15) is 8.42 Å². The fourth-order valence-electron chi connectivity index (χ4n) is 1.68. The van der Waals surface area contributed by atoms with Crippen molar-refractivity contribution < 1.29 is 8.42 Å². The van der Waals surface area contributed by atoms with E-state index in [4.69, 9.17) is 0 Å². The maximum absolute atomic E-state index is 12.4. The highest BCUT2D eigenvalue weighted by Crippen LogP contribution is 2.26. The first-order valence-electron chi connectivity index (χ1n) is 6.50. The molecule has 1 atom stereocenters. The van der Waals surface area contributed by atoms with Gasteiger partial charge in [-0.2, -0.15) is 0 Å². The van der Waals surface area contributed by atoms with E-state index in [1.54, 1.807) is 0 Å². The van der Waals surface area contributed by atoms with Gasteiger partial charge in [0, 0.05) is 18.0 Å². The third kappa shape index (κ3) is 4.27. The van der Waals surface area contributed by atoms with Gasteiger partial charge in [-0.15, -0.1) is 11.3 Å². The van der Waals surface area contributed by atoms with E-state index in [0.717, 1.165) is 10.4 Å². The van der Waals surface area contributed by atoms with Crippen LogP contribution in [0.4, 0.5) is 0 Å². The summed E-state index contributed by atoms with van der Waals surface area (Å²) in [7, 11) is -1.59. The molecule has 0 aliphatic heterocycles. The maximum Gasteiger partial charge on any atom is 0.241 e. The van der Waals surface area contributed by atoms with Crippen molar-refractivity contribution in [2.45, 2.75) is 39.1 Å². The van der Waals surface area contributed by atoms with Crippen molar-refractivity contribution in [2.24, 2.45) is 11.8 Å². The number of hydrogen-bond acceptors (Lipinski definition) is 4. The topological polar surface area (TPSA) is 58.2 Å². The molecule has 0 radical (unpaired) electrons. The van der Waals surface area contributed by atoms with Gasteiger partial charge < -0.3 is 5.32 Å². The van der Waals surface area contributed by atoms with Gasteiger partial charge in [-0.05, 0) is 36.8 Å². The predicted octanol–water partition coefficient (Wildman–Crippen LogP) is 2.35. The molecule has 1 aromatic rings. The molecule has 1 aromatic heterocycles. The van der Waals surface area contributed by atoms with Gasteiger partial charge in [0.2, 0.25) is 10.0 Å². The van der Waals surface area contributed by atoms with Crippen LogP contribution in [-0.4, -0.2) is 22.0 Å². The van der Waals surface area contributed by atoms with Crippen molar-refractivity contribution in [1.82, 2.24) is 10.0 Å². The summed E-state index contributed by atoms with van der Waals surface area (Å²) in [4.78, 5) is 1.31. The zero-order valence-electron chi connectivity index (χ0n) is 12.3. The highest BCUT2D eigenvalue weighted by Gasteiger charge is 2.23. The molecule has 19 heavy (non-hydrogen) atoms. The summed E-state index contributed by atoms with van der Waals surface area (Å²) in [5, 5.41) is 4.91. The second-order valence-corrected chi connectivity index (χ2v) is 7.94. The lowest BCUT2D eigenvalue weighted by Crippen LogP contribution is -2.31. The first-order valence-corrected chi connectivity index (χ1v) is 8.87. The van der Waals surface area contributed by atoms with Gasteiger partial charge in [-0.1, -0.05) is 20.8 Å². The average molecular weight is 304 g/mol. The van der Waals surface area contributed by atoms with E-state index in [1.165, 1.54) is 11.3 Å². The quantitative estimate of drug-likeness (QED) is 0.813. The molecular formula is C13H24N2O2S2. The summed E-state index contributed by atoms with van der Waals surface area (Å²) in [6, 6.07) is 0. The van der Waals surface area contributed by atoms with E-state index in [2.05, 4.69) is 30.8 Å². The van der Waals surface area contributed by atoms with Crippen LogP contribution in [0.3, 0.4) is 0 Å². The minimum atomic E-state index is -3.41.